The summed E-state index contributed by atoms with van der Waals surface area (Å²) in [5.41, 5.74) is 13.6. The van der Waals surface area contributed by atoms with Crippen molar-refractivity contribution in [2.24, 2.45) is 0 Å². The molecule has 28 nitrogen and oxygen atoms in total. The van der Waals surface area contributed by atoms with Crippen molar-refractivity contribution in [1.82, 2.24) is 79.7 Å². The summed E-state index contributed by atoms with van der Waals surface area (Å²) in [5.74, 6) is 4.82. The van der Waals surface area contributed by atoms with Gasteiger partial charge in [0.15, 0.2) is 41.3 Å². The molecular weight excluding hydrogens is 1610 g/mol. The van der Waals surface area contributed by atoms with E-state index in [0.717, 1.165) is 44.5 Å². The van der Waals surface area contributed by atoms with E-state index in [2.05, 4.69) is 99.7 Å². The lowest BCUT2D eigenvalue weighted by Crippen LogP contribution is -2.03. The van der Waals surface area contributed by atoms with Crippen molar-refractivity contribution >= 4 is 187 Å². The largest absolute Gasteiger partial charge is 0.354 e. The number of fused-ring (bicyclic) bond motifs is 8. The molecule has 0 fully saturated rings. The van der Waals surface area contributed by atoms with Crippen LogP contribution in [0.4, 0.5) is 46.5 Å². The lowest BCUT2D eigenvalue weighted by Gasteiger charge is -2.11. The number of hydrogen-bond donors (Lipinski definition) is 6. The fourth-order valence-corrected chi connectivity index (χ4v) is 17.2. The fraction of sp³-hybridized carbons (Fsp3) is 0.200. The van der Waals surface area contributed by atoms with Crippen molar-refractivity contribution in [1.29, 1.82) is 42.1 Å². The molecule has 8 bridgehead atoms. The average Bonchev–Trinajstić information content (AvgIpc) is 1.61. The van der Waals surface area contributed by atoms with Crippen LogP contribution in [0.15, 0.2) is 163 Å². The molecule has 7 aromatic heterocycles. The van der Waals surface area contributed by atoms with Crippen molar-refractivity contribution in [3.63, 3.8) is 0 Å². The number of thioether (sulfide) groups is 8. The topological polar surface area (TPSA) is 450 Å². The Hall–Kier alpha value is -12.6. The molecule has 0 amide bonds. The Balaban J connectivity index is 1.03. The number of anilines is 8. The van der Waals surface area contributed by atoms with Crippen LogP contribution in [0.25, 0.3) is 90.9 Å². The number of nitrogens with one attached hydrogen (secondary N) is 6. The molecule has 0 unspecified atom stereocenters. The van der Waals surface area contributed by atoms with Gasteiger partial charge in [-0.15, -0.1) is 0 Å². The Morgan fingerprint density at radius 2 is 0.431 bits per heavy atom. The van der Waals surface area contributed by atoms with Crippen LogP contribution in [0.5, 0.6) is 0 Å². The molecule has 13 rings (SSSR count). The third kappa shape index (κ3) is 22.0. The molecule has 116 heavy (non-hydrogen) atoms. The number of benzene rings is 4. The van der Waals surface area contributed by atoms with E-state index in [-0.39, 0.29) is 75.2 Å². The maximum Gasteiger partial charge on any atom is 0.232 e. The van der Waals surface area contributed by atoms with Crippen LogP contribution in [-0.4, -0.2) is 126 Å². The smallest absolute Gasteiger partial charge is 0.232 e. The van der Waals surface area contributed by atoms with Gasteiger partial charge in [-0.05, 0) is 119 Å². The zero-order valence-corrected chi connectivity index (χ0v) is 67.8. The highest BCUT2D eigenvalue weighted by molar-refractivity contribution is 8.01. The quantitative estimate of drug-likeness (QED) is 0.0157. The van der Waals surface area contributed by atoms with Gasteiger partial charge in [0, 0.05) is 164 Å². The van der Waals surface area contributed by atoms with Crippen LogP contribution in [-0.2, 0) is 0 Å². The molecule has 4 aromatic carbocycles. The van der Waals surface area contributed by atoms with E-state index >= 15 is 0 Å². The number of rotatable bonds is 36. The number of aromatic amines is 2. The SMILES string of the molecule is N#CCCSc1nc(Nc2cccc(-c3c4nc(c(-c5cccc(Nc6nc(SCCC#N)nc(SCCC#N)n6)c5)c5ccc([nH]5)c(-c5cccc(Nc6nc(SCCC#N)nc(SCCC#N)n6)c5)c5nc(c(-c6cccc(Nc7nc(SCCC#N)nc(SCCC#N)n7)c6)c6ccc3[nH]6)C=C5)C=C4)c2)nc(SCCC#N)n1. The van der Waals surface area contributed by atoms with Crippen LogP contribution < -0.4 is 21.3 Å². The maximum absolute atomic E-state index is 9.42. The summed E-state index contributed by atoms with van der Waals surface area (Å²) in [5, 5.41) is 92.6. The standard InChI is InChI=1S/C80H62N28S8/c81-29-5-37-109-73-97-69(98-74(105-73)110-38-6-30-82)89-53-17-1-13-49(45-53)65-57-21-23-59(93-57)66(50-14-2-18-54(46-50)90-70-99-75(111-39-7-31-83)106-76(100-70)112-40-8-32-84)61-25-27-63(95-61)68(52-16-4-20-56(48-52)92-72-103-79(115-43-11-35-87)108-80(104-72)116-44-12-36-88)64-28-26-62(96-64)67(60-24-22-58(65)94-60)51-15-3-19-55(47-51)91-71-101-77(113-41-9-33-85)107-78(102-71)114-42-10-34-86/h1-4,13-28,45-48,93,96H,5-12,37-44H2,(H,89,97,98,105)(H,90,99,100,106)(H,91,101,102,107)(H,92,103,104,108). The molecule has 11 aromatic rings. The molecule has 2 aliphatic rings. The van der Waals surface area contributed by atoms with Gasteiger partial charge in [0.05, 0.1) is 71.3 Å². The van der Waals surface area contributed by atoms with Gasteiger partial charge in [0.1, 0.15) is 0 Å². The summed E-state index contributed by atoms with van der Waals surface area (Å²) in [6, 6.07) is 57.1. The lowest BCUT2D eigenvalue weighted by atomic mass is 10.0. The molecule has 36 heteroatoms. The molecule has 570 valence electrons. The van der Waals surface area contributed by atoms with Gasteiger partial charge in [-0.2, -0.15) is 102 Å². The number of nitriles is 8. The zero-order chi connectivity index (χ0) is 80.2. The van der Waals surface area contributed by atoms with Crippen LogP contribution in [0, 0.1) is 90.6 Å². The van der Waals surface area contributed by atoms with Crippen molar-refractivity contribution in [3.8, 4) is 93.1 Å². The first-order valence-electron chi connectivity index (χ1n) is 35.7. The van der Waals surface area contributed by atoms with E-state index in [1.165, 1.54) is 94.1 Å². The Morgan fingerprint density at radius 1 is 0.241 bits per heavy atom. The predicted octanol–water partition coefficient (Wildman–Crippen LogP) is 19.1. The van der Waals surface area contributed by atoms with Gasteiger partial charge < -0.3 is 31.2 Å². The van der Waals surface area contributed by atoms with Gasteiger partial charge in [0.25, 0.3) is 0 Å². The fourth-order valence-electron chi connectivity index (χ4n) is 11.5. The van der Waals surface area contributed by atoms with Gasteiger partial charge in [-0.1, -0.05) is 143 Å². The molecular formula is C80H62N28S8. The Kier molecular flexibility index (Phi) is 29.1. The first kappa shape index (κ1) is 81.5. The number of hydrogen-bond acceptors (Lipinski definition) is 34. The summed E-state index contributed by atoms with van der Waals surface area (Å²) < 4.78 is 0. The van der Waals surface area contributed by atoms with Crippen LogP contribution >= 0.6 is 94.1 Å². The molecule has 0 saturated carbocycles. The van der Waals surface area contributed by atoms with Gasteiger partial charge in [-0.25, -0.2) is 9.97 Å². The second-order valence-corrected chi connectivity index (χ2v) is 32.8. The van der Waals surface area contributed by atoms with Crippen molar-refractivity contribution in [2.75, 3.05) is 67.3 Å². The van der Waals surface area contributed by atoms with E-state index in [0.29, 0.717) is 155 Å². The maximum atomic E-state index is 9.42. The Labute approximate surface area is 700 Å². The van der Waals surface area contributed by atoms with Crippen LogP contribution in [0.3, 0.4) is 0 Å². The summed E-state index contributed by atoms with van der Waals surface area (Å²) in [7, 11) is 0. The minimum Gasteiger partial charge on any atom is -0.354 e. The van der Waals surface area contributed by atoms with Crippen molar-refractivity contribution < 1.29 is 0 Å². The predicted molar refractivity (Wildman–Crippen MR) is 461 cm³/mol. The summed E-state index contributed by atoms with van der Waals surface area (Å²) in [4.78, 5) is 76.0. The first-order chi connectivity index (χ1) is 57.1. The van der Waals surface area contributed by atoms with E-state index in [1.54, 1.807) is 0 Å². The highest BCUT2D eigenvalue weighted by Gasteiger charge is 2.23. The molecule has 6 N–H and O–H groups in total. The van der Waals surface area contributed by atoms with Gasteiger partial charge >= 0.3 is 0 Å². The van der Waals surface area contributed by atoms with Crippen molar-refractivity contribution in [3.05, 3.63) is 144 Å². The monoisotopic (exact) mass is 1670 g/mol. The highest BCUT2D eigenvalue weighted by atomic mass is 32.2. The minimum absolute atomic E-state index is 0.272. The molecule has 0 atom stereocenters. The number of H-pyrrole nitrogens is 2. The Bertz CT molecular complexity index is 5220. The van der Waals surface area contributed by atoms with Crippen LogP contribution in [0.1, 0.15) is 74.1 Å². The first-order valence-corrected chi connectivity index (χ1v) is 43.6. The molecule has 0 radical (unpaired) electrons. The second-order valence-electron chi connectivity index (χ2n) is 24.3. The van der Waals surface area contributed by atoms with E-state index in [1.807, 2.05) is 146 Å². The second kappa shape index (κ2) is 41.5. The highest BCUT2D eigenvalue weighted by Crippen LogP contribution is 2.42. The minimum atomic E-state index is 0.272. The van der Waals surface area contributed by atoms with Crippen molar-refractivity contribution in [2.45, 2.75) is 92.6 Å². The van der Waals surface area contributed by atoms with E-state index in [9.17, 15) is 42.1 Å². The van der Waals surface area contributed by atoms with Crippen LogP contribution in [0.2, 0.25) is 0 Å². The van der Waals surface area contributed by atoms with Gasteiger partial charge in [-0.3, -0.25) is 0 Å². The third-order valence-corrected chi connectivity index (χ3v) is 23.1. The molecule has 0 aliphatic carbocycles. The lowest BCUT2D eigenvalue weighted by molar-refractivity contribution is 0.809. The Morgan fingerprint density at radius 3 is 0.612 bits per heavy atom. The molecule has 0 spiro atoms. The molecule has 2 aliphatic heterocycles. The van der Waals surface area contributed by atoms with E-state index < -0.39 is 0 Å². The summed E-state index contributed by atoms with van der Waals surface area (Å²) >= 11 is 10.7. The van der Waals surface area contributed by atoms with E-state index in [4.69, 9.17) is 49.8 Å². The number of aromatic nitrogens is 16. The number of nitrogens with zero attached hydrogens (tertiary/aromatic N) is 22. The summed E-state index contributed by atoms with van der Waals surface area (Å²) in [6.45, 7) is 0. The summed E-state index contributed by atoms with van der Waals surface area (Å²) in [6.07, 6.45) is 10.3. The normalized spacial score (nSPS) is 11.1. The molecule has 9 heterocycles. The third-order valence-electron chi connectivity index (χ3n) is 16.3. The zero-order valence-electron chi connectivity index (χ0n) is 61.3. The molecule has 0 saturated heterocycles. The van der Waals surface area contributed by atoms with Gasteiger partial charge in [0.2, 0.25) is 23.8 Å². The average molecular weight is 1670 g/mol.